The fraction of sp³-hybridized carbons (Fsp3) is 0.882. The molecule has 0 radical (unpaired) electrons. The molecular weight excluding hydrogens is 284 g/mol. The Morgan fingerprint density at radius 3 is 2.41 bits per heavy atom. The first-order valence-corrected chi connectivity index (χ1v) is 8.18. The molecule has 0 N–H and O–H groups in total. The second kappa shape index (κ2) is 3.93. The number of ether oxygens (including phenoxy) is 3. The third-order valence-corrected chi connectivity index (χ3v) is 6.40. The summed E-state index contributed by atoms with van der Waals surface area (Å²) in [5.41, 5.74) is -0.508. The van der Waals surface area contributed by atoms with E-state index in [1.807, 2.05) is 20.8 Å². The molecule has 1 unspecified atom stereocenters. The van der Waals surface area contributed by atoms with Gasteiger partial charge in [0.1, 0.15) is 18.1 Å². The molecule has 0 bridgehead atoms. The van der Waals surface area contributed by atoms with E-state index in [0.717, 1.165) is 12.8 Å². The topological polar surface area (TPSA) is 61.8 Å². The van der Waals surface area contributed by atoms with Crippen LogP contribution in [0.3, 0.4) is 0 Å². The van der Waals surface area contributed by atoms with Gasteiger partial charge in [0.15, 0.2) is 11.6 Å². The van der Waals surface area contributed by atoms with Crippen LogP contribution in [-0.2, 0) is 23.8 Å². The predicted octanol–water partition coefficient (Wildman–Crippen LogP) is 2.07. The fourth-order valence-corrected chi connectivity index (χ4v) is 5.66. The highest BCUT2D eigenvalue weighted by Crippen LogP contribution is 2.64. The Kier molecular flexibility index (Phi) is 2.62. The Balaban J connectivity index is 1.88. The number of carbonyl (C=O) groups is 2. The Morgan fingerprint density at radius 2 is 1.73 bits per heavy atom. The predicted molar refractivity (Wildman–Crippen MR) is 76.8 cm³/mol. The van der Waals surface area contributed by atoms with Crippen LogP contribution in [0.15, 0.2) is 0 Å². The molecule has 2 aliphatic carbocycles. The lowest BCUT2D eigenvalue weighted by atomic mass is 9.46. The average Bonchev–Trinajstić information content (AvgIpc) is 2.80. The van der Waals surface area contributed by atoms with Crippen molar-refractivity contribution in [2.45, 2.75) is 71.6 Å². The van der Waals surface area contributed by atoms with E-state index in [-0.39, 0.29) is 35.3 Å². The summed E-state index contributed by atoms with van der Waals surface area (Å²) in [4.78, 5) is 25.3. The Morgan fingerprint density at radius 1 is 1.05 bits per heavy atom. The van der Waals surface area contributed by atoms with Crippen LogP contribution in [0.5, 0.6) is 0 Å². The molecule has 2 saturated carbocycles. The van der Waals surface area contributed by atoms with E-state index in [0.29, 0.717) is 0 Å². The zero-order chi connectivity index (χ0) is 16.1. The lowest BCUT2D eigenvalue weighted by Crippen LogP contribution is -2.64. The fourth-order valence-electron chi connectivity index (χ4n) is 5.66. The van der Waals surface area contributed by atoms with Gasteiger partial charge in [-0.2, -0.15) is 0 Å². The minimum atomic E-state index is -0.785. The number of Topliss-reactive ketones (excluding diaryl/α,β-unsaturated/α-hetero) is 1. The van der Waals surface area contributed by atoms with Gasteiger partial charge in [-0.05, 0) is 32.1 Å². The molecule has 0 amide bonds. The Hall–Kier alpha value is -0.940. The highest BCUT2D eigenvalue weighted by atomic mass is 16.8. The molecule has 4 aliphatic rings. The Bertz CT molecular complexity index is 565. The number of esters is 1. The number of ketones is 1. The second-order valence-corrected chi connectivity index (χ2v) is 8.65. The van der Waals surface area contributed by atoms with Crippen molar-refractivity contribution in [2.75, 3.05) is 0 Å². The van der Waals surface area contributed by atoms with Gasteiger partial charge in [0, 0.05) is 11.3 Å². The summed E-state index contributed by atoms with van der Waals surface area (Å²) in [7, 11) is 0. The van der Waals surface area contributed by atoms with E-state index in [4.69, 9.17) is 14.2 Å². The third kappa shape index (κ3) is 1.56. The monoisotopic (exact) mass is 308 g/mol. The van der Waals surface area contributed by atoms with Crippen molar-refractivity contribution in [1.82, 2.24) is 0 Å². The smallest absolute Gasteiger partial charge is 0.317 e. The van der Waals surface area contributed by atoms with Crippen LogP contribution in [-0.4, -0.2) is 35.9 Å². The van der Waals surface area contributed by atoms with Crippen LogP contribution in [0.4, 0.5) is 0 Å². The zero-order valence-corrected chi connectivity index (χ0v) is 13.8. The molecule has 2 heterocycles. The van der Waals surface area contributed by atoms with Crippen LogP contribution >= 0.6 is 0 Å². The molecule has 0 aromatic carbocycles. The summed E-state index contributed by atoms with van der Waals surface area (Å²) in [5.74, 6) is -1.95. The minimum absolute atomic E-state index is 0.0229. The van der Waals surface area contributed by atoms with Gasteiger partial charge in [-0.3, -0.25) is 9.59 Å². The third-order valence-electron chi connectivity index (χ3n) is 6.40. The van der Waals surface area contributed by atoms with E-state index in [1.165, 1.54) is 0 Å². The highest BCUT2D eigenvalue weighted by Gasteiger charge is 2.74. The molecule has 5 nitrogen and oxygen atoms in total. The first kappa shape index (κ1) is 14.6. The molecule has 2 aliphatic heterocycles. The number of carbonyl (C=O) groups excluding carboxylic acids is 2. The largest absolute Gasteiger partial charge is 0.461 e. The van der Waals surface area contributed by atoms with E-state index in [2.05, 4.69) is 13.8 Å². The van der Waals surface area contributed by atoms with Crippen LogP contribution < -0.4 is 0 Å². The van der Waals surface area contributed by atoms with Crippen molar-refractivity contribution in [3.63, 3.8) is 0 Å². The Labute approximate surface area is 130 Å². The number of rotatable bonds is 0. The van der Waals surface area contributed by atoms with Gasteiger partial charge in [0.25, 0.3) is 0 Å². The van der Waals surface area contributed by atoms with Gasteiger partial charge >= 0.3 is 5.97 Å². The molecule has 4 rings (SSSR count). The van der Waals surface area contributed by atoms with Gasteiger partial charge in [0.05, 0.1) is 6.10 Å². The summed E-state index contributed by atoms with van der Waals surface area (Å²) in [6.45, 7) is 10.1. The van der Waals surface area contributed by atoms with Crippen molar-refractivity contribution in [3.05, 3.63) is 0 Å². The normalized spacial score (nSPS) is 51.2. The molecule has 22 heavy (non-hydrogen) atoms. The maximum absolute atomic E-state index is 12.9. The standard InChI is InChI=1S/C17H24O5/c1-15(2)7-6-8-17(5)9(14(19)20-8)10(18)11-12(13(15)17)22-16(3,4)21-11/h8-9,11-13H,6-7H2,1-5H3/t8-,9?,11+,12+,13-,17+/m0/s1. The average molecular weight is 308 g/mol. The van der Waals surface area contributed by atoms with Crippen molar-refractivity contribution < 1.29 is 23.8 Å². The van der Waals surface area contributed by atoms with Gasteiger partial charge in [-0.25, -0.2) is 0 Å². The van der Waals surface area contributed by atoms with E-state index >= 15 is 0 Å². The summed E-state index contributed by atoms with van der Waals surface area (Å²) < 4.78 is 17.6. The van der Waals surface area contributed by atoms with Gasteiger partial charge in [-0.1, -0.05) is 20.8 Å². The lowest BCUT2D eigenvalue weighted by Gasteiger charge is -2.56. The summed E-state index contributed by atoms with van der Waals surface area (Å²) >= 11 is 0. The lowest BCUT2D eigenvalue weighted by molar-refractivity contribution is -0.181. The molecule has 0 spiro atoms. The number of hydrogen-bond acceptors (Lipinski definition) is 5. The van der Waals surface area contributed by atoms with Crippen LogP contribution in [0.2, 0.25) is 0 Å². The van der Waals surface area contributed by atoms with Crippen molar-refractivity contribution >= 4 is 11.8 Å². The van der Waals surface area contributed by atoms with Crippen molar-refractivity contribution in [2.24, 2.45) is 22.7 Å². The number of hydrogen-bond donors (Lipinski definition) is 0. The van der Waals surface area contributed by atoms with E-state index in [1.54, 1.807) is 0 Å². The minimum Gasteiger partial charge on any atom is -0.461 e. The second-order valence-electron chi connectivity index (χ2n) is 8.65. The molecule has 6 atom stereocenters. The maximum Gasteiger partial charge on any atom is 0.317 e. The zero-order valence-electron chi connectivity index (χ0n) is 13.8. The quantitative estimate of drug-likeness (QED) is 0.506. The maximum atomic E-state index is 12.9. The molecule has 0 aromatic rings. The van der Waals surface area contributed by atoms with Crippen LogP contribution in [0, 0.1) is 22.7 Å². The first-order chi connectivity index (χ1) is 10.1. The highest BCUT2D eigenvalue weighted by molar-refractivity contribution is 6.05. The molecule has 122 valence electrons. The molecule has 2 saturated heterocycles. The molecular formula is C17H24O5. The van der Waals surface area contributed by atoms with Crippen LogP contribution in [0.25, 0.3) is 0 Å². The summed E-state index contributed by atoms with van der Waals surface area (Å²) in [5, 5.41) is 0. The molecule has 0 aromatic heterocycles. The summed E-state index contributed by atoms with van der Waals surface area (Å²) in [6.07, 6.45) is 0.647. The van der Waals surface area contributed by atoms with Crippen molar-refractivity contribution in [3.8, 4) is 0 Å². The van der Waals surface area contributed by atoms with Crippen molar-refractivity contribution in [1.29, 1.82) is 0 Å². The SMILES string of the molecule is CC1(C)O[C@@H]2[C@H](O1)C(=O)C1C(=O)O[C@H]3CCC(C)(C)[C@H]2[C@@]13C. The van der Waals surface area contributed by atoms with E-state index in [9.17, 15) is 9.59 Å². The van der Waals surface area contributed by atoms with Gasteiger partial charge in [-0.15, -0.1) is 0 Å². The van der Waals surface area contributed by atoms with Gasteiger partial charge in [0.2, 0.25) is 0 Å². The van der Waals surface area contributed by atoms with Crippen LogP contribution in [0.1, 0.15) is 47.5 Å². The summed E-state index contributed by atoms with van der Waals surface area (Å²) in [6, 6.07) is 0. The first-order valence-electron chi connectivity index (χ1n) is 8.18. The number of fused-ring (bicyclic) bond motifs is 2. The van der Waals surface area contributed by atoms with E-state index < -0.39 is 23.2 Å². The van der Waals surface area contributed by atoms with Gasteiger partial charge < -0.3 is 14.2 Å². The molecule has 5 heteroatoms. The molecule has 4 fully saturated rings.